The van der Waals surface area contributed by atoms with Crippen LogP contribution in [-0.4, -0.2) is 21.3 Å². The van der Waals surface area contributed by atoms with Gasteiger partial charge in [0, 0.05) is 24.6 Å². The molecule has 4 heteroatoms. The Morgan fingerprint density at radius 2 is 2.11 bits per heavy atom. The van der Waals surface area contributed by atoms with Crippen LogP contribution in [-0.2, 0) is 0 Å². The van der Waals surface area contributed by atoms with Crippen molar-refractivity contribution in [3.8, 4) is 0 Å². The van der Waals surface area contributed by atoms with Gasteiger partial charge in [-0.3, -0.25) is 4.79 Å². The normalized spacial score (nSPS) is 16.9. The number of carbonyl (C=O) groups is 1. The van der Waals surface area contributed by atoms with Crippen LogP contribution in [0, 0.1) is 0 Å². The molecule has 1 fully saturated rings. The molecule has 0 saturated heterocycles. The molecule has 0 unspecified atom stereocenters. The van der Waals surface area contributed by atoms with Gasteiger partial charge >= 0.3 is 0 Å². The third kappa shape index (κ3) is 2.10. The average molecular weight is 243 g/mol. The lowest BCUT2D eigenvalue weighted by molar-refractivity contribution is 0.0929. The van der Waals surface area contributed by atoms with E-state index >= 15 is 0 Å². The number of rotatable bonds is 2. The average Bonchev–Trinajstić information content (AvgIpc) is 2.87. The van der Waals surface area contributed by atoms with Crippen molar-refractivity contribution >= 4 is 11.6 Å². The summed E-state index contributed by atoms with van der Waals surface area (Å²) in [4.78, 5) is 16.5. The van der Waals surface area contributed by atoms with E-state index in [1.165, 1.54) is 19.3 Å². The predicted molar refractivity (Wildman–Crippen MR) is 69.5 cm³/mol. The van der Waals surface area contributed by atoms with Gasteiger partial charge in [-0.1, -0.05) is 19.3 Å². The molecule has 0 aliphatic heterocycles. The van der Waals surface area contributed by atoms with Crippen molar-refractivity contribution in [1.82, 2.24) is 14.7 Å². The van der Waals surface area contributed by atoms with Crippen molar-refractivity contribution in [3.05, 3.63) is 36.3 Å². The molecule has 0 bridgehead atoms. The van der Waals surface area contributed by atoms with Crippen LogP contribution >= 0.6 is 0 Å². The fourth-order valence-corrected chi connectivity index (χ4v) is 2.64. The van der Waals surface area contributed by atoms with Crippen LogP contribution in [0.4, 0.5) is 0 Å². The maximum atomic E-state index is 12.3. The minimum Gasteiger partial charge on any atom is -0.349 e. The van der Waals surface area contributed by atoms with Gasteiger partial charge in [0.25, 0.3) is 5.91 Å². The summed E-state index contributed by atoms with van der Waals surface area (Å²) < 4.78 is 1.87. The van der Waals surface area contributed by atoms with E-state index in [0.29, 0.717) is 11.6 Å². The standard InChI is InChI=1S/C14H17N3O/c18-14(16-11-5-2-1-3-6-11)12-7-4-9-17-10-8-15-13(12)17/h4,7-11H,1-3,5-6H2,(H,16,18). The van der Waals surface area contributed by atoms with Crippen molar-refractivity contribution in [2.24, 2.45) is 0 Å². The molecule has 1 aliphatic rings. The van der Waals surface area contributed by atoms with Crippen molar-refractivity contribution < 1.29 is 4.79 Å². The Morgan fingerprint density at radius 3 is 2.94 bits per heavy atom. The van der Waals surface area contributed by atoms with Crippen LogP contribution in [0.15, 0.2) is 30.7 Å². The first-order valence-corrected chi connectivity index (χ1v) is 6.57. The highest BCUT2D eigenvalue weighted by Gasteiger charge is 2.18. The Morgan fingerprint density at radius 1 is 1.28 bits per heavy atom. The van der Waals surface area contributed by atoms with Gasteiger partial charge in [-0.15, -0.1) is 0 Å². The number of nitrogens with one attached hydrogen (secondary N) is 1. The molecule has 1 amide bonds. The van der Waals surface area contributed by atoms with Gasteiger partial charge in [0.1, 0.15) is 5.65 Å². The highest BCUT2D eigenvalue weighted by molar-refractivity contribution is 5.99. The lowest BCUT2D eigenvalue weighted by Gasteiger charge is -2.22. The van der Waals surface area contributed by atoms with Gasteiger partial charge in [0.15, 0.2) is 0 Å². The SMILES string of the molecule is O=C(NC1CCCCC1)c1cccn2ccnc12. The van der Waals surface area contributed by atoms with E-state index in [-0.39, 0.29) is 5.91 Å². The summed E-state index contributed by atoms with van der Waals surface area (Å²) in [5.41, 5.74) is 1.39. The van der Waals surface area contributed by atoms with Crippen LogP contribution in [0.2, 0.25) is 0 Å². The molecular formula is C14H17N3O. The van der Waals surface area contributed by atoms with Crippen molar-refractivity contribution in [1.29, 1.82) is 0 Å². The number of amides is 1. The monoisotopic (exact) mass is 243 g/mol. The van der Waals surface area contributed by atoms with Crippen molar-refractivity contribution in [3.63, 3.8) is 0 Å². The zero-order chi connectivity index (χ0) is 12.4. The number of fused-ring (bicyclic) bond motifs is 1. The maximum absolute atomic E-state index is 12.3. The zero-order valence-corrected chi connectivity index (χ0v) is 10.3. The van der Waals surface area contributed by atoms with Crippen molar-refractivity contribution in [2.45, 2.75) is 38.1 Å². The second-order valence-corrected chi connectivity index (χ2v) is 4.89. The molecule has 1 aliphatic carbocycles. The van der Waals surface area contributed by atoms with E-state index in [1.54, 1.807) is 6.20 Å². The molecule has 94 valence electrons. The Bertz CT molecular complexity index is 555. The Balaban J connectivity index is 1.81. The van der Waals surface area contributed by atoms with E-state index in [0.717, 1.165) is 18.5 Å². The number of pyridine rings is 1. The van der Waals surface area contributed by atoms with E-state index in [1.807, 2.05) is 28.9 Å². The second kappa shape index (κ2) is 4.80. The van der Waals surface area contributed by atoms with Gasteiger partial charge in [-0.2, -0.15) is 0 Å². The predicted octanol–water partition coefficient (Wildman–Crippen LogP) is 2.40. The second-order valence-electron chi connectivity index (χ2n) is 4.89. The Hall–Kier alpha value is -1.84. The van der Waals surface area contributed by atoms with Gasteiger partial charge < -0.3 is 9.72 Å². The molecule has 0 spiro atoms. The van der Waals surface area contributed by atoms with Gasteiger partial charge in [0.2, 0.25) is 0 Å². The molecule has 4 nitrogen and oxygen atoms in total. The van der Waals surface area contributed by atoms with Crippen LogP contribution in [0.1, 0.15) is 42.5 Å². The molecule has 0 radical (unpaired) electrons. The van der Waals surface area contributed by atoms with Gasteiger partial charge in [0.05, 0.1) is 5.56 Å². The summed E-state index contributed by atoms with van der Waals surface area (Å²) in [7, 11) is 0. The largest absolute Gasteiger partial charge is 0.349 e. The molecule has 0 aromatic carbocycles. The van der Waals surface area contributed by atoms with Gasteiger partial charge in [-0.25, -0.2) is 4.98 Å². The first kappa shape index (κ1) is 11.3. The number of carbonyl (C=O) groups excluding carboxylic acids is 1. The van der Waals surface area contributed by atoms with E-state index in [4.69, 9.17) is 0 Å². The van der Waals surface area contributed by atoms with E-state index in [2.05, 4.69) is 10.3 Å². The number of hydrogen-bond acceptors (Lipinski definition) is 2. The molecule has 2 aromatic rings. The minimum absolute atomic E-state index is 0.00120. The van der Waals surface area contributed by atoms with Crippen LogP contribution in [0.3, 0.4) is 0 Å². The number of imidazole rings is 1. The highest BCUT2D eigenvalue weighted by atomic mass is 16.1. The van der Waals surface area contributed by atoms with Crippen LogP contribution < -0.4 is 5.32 Å². The summed E-state index contributed by atoms with van der Waals surface area (Å²) in [5, 5.41) is 3.12. The number of nitrogens with zero attached hydrogens (tertiary/aromatic N) is 2. The van der Waals surface area contributed by atoms with Gasteiger partial charge in [-0.05, 0) is 25.0 Å². The lowest BCUT2D eigenvalue weighted by atomic mass is 9.95. The maximum Gasteiger partial charge on any atom is 0.255 e. The fraction of sp³-hybridized carbons (Fsp3) is 0.429. The van der Waals surface area contributed by atoms with E-state index < -0.39 is 0 Å². The molecule has 2 aromatic heterocycles. The first-order chi connectivity index (χ1) is 8.84. The number of aromatic nitrogens is 2. The summed E-state index contributed by atoms with van der Waals surface area (Å²) in [6.07, 6.45) is 11.4. The quantitative estimate of drug-likeness (QED) is 0.880. The number of hydrogen-bond donors (Lipinski definition) is 1. The minimum atomic E-state index is -0.00120. The molecule has 1 saturated carbocycles. The Labute approximate surface area is 106 Å². The first-order valence-electron chi connectivity index (χ1n) is 6.57. The zero-order valence-electron chi connectivity index (χ0n) is 10.3. The molecular weight excluding hydrogens is 226 g/mol. The lowest BCUT2D eigenvalue weighted by Crippen LogP contribution is -2.36. The summed E-state index contributed by atoms with van der Waals surface area (Å²) in [6.45, 7) is 0. The molecule has 0 atom stereocenters. The summed E-state index contributed by atoms with van der Waals surface area (Å²) in [5.74, 6) is -0.00120. The molecule has 3 rings (SSSR count). The summed E-state index contributed by atoms with van der Waals surface area (Å²) in [6, 6.07) is 4.05. The van der Waals surface area contributed by atoms with Crippen LogP contribution in [0.25, 0.3) is 5.65 Å². The Kier molecular flexibility index (Phi) is 3.00. The van der Waals surface area contributed by atoms with Crippen molar-refractivity contribution in [2.75, 3.05) is 0 Å². The highest BCUT2D eigenvalue weighted by Crippen LogP contribution is 2.18. The van der Waals surface area contributed by atoms with E-state index in [9.17, 15) is 4.79 Å². The smallest absolute Gasteiger partial charge is 0.255 e. The molecule has 18 heavy (non-hydrogen) atoms. The summed E-state index contributed by atoms with van der Waals surface area (Å²) >= 11 is 0. The van der Waals surface area contributed by atoms with Crippen LogP contribution in [0.5, 0.6) is 0 Å². The third-order valence-electron chi connectivity index (χ3n) is 3.60. The molecule has 2 heterocycles. The fourth-order valence-electron chi connectivity index (χ4n) is 2.64. The third-order valence-corrected chi connectivity index (χ3v) is 3.60. The molecule has 1 N–H and O–H groups in total. The topological polar surface area (TPSA) is 46.4 Å².